The van der Waals surface area contributed by atoms with Crippen molar-refractivity contribution < 1.29 is 24.1 Å². The summed E-state index contributed by atoms with van der Waals surface area (Å²) in [5, 5.41) is 3.02. The third kappa shape index (κ3) is 5.03. The van der Waals surface area contributed by atoms with Crippen molar-refractivity contribution in [2.24, 2.45) is 0 Å². The molecular formula is C22H31N3O3+2. The van der Waals surface area contributed by atoms with Crippen molar-refractivity contribution in [3.8, 4) is 11.5 Å². The highest BCUT2D eigenvalue weighted by Gasteiger charge is 2.31. The Bertz CT molecular complexity index is 771. The first-order chi connectivity index (χ1) is 13.6. The van der Waals surface area contributed by atoms with Crippen molar-refractivity contribution in [1.29, 1.82) is 0 Å². The number of ether oxygens (including phenoxy) is 2. The van der Waals surface area contributed by atoms with E-state index in [-0.39, 0.29) is 11.9 Å². The first-order valence-electron chi connectivity index (χ1n) is 9.85. The number of rotatable bonds is 7. The van der Waals surface area contributed by atoms with Crippen molar-refractivity contribution in [3.05, 3.63) is 54.1 Å². The van der Waals surface area contributed by atoms with Gasteiger partial charge in [-0.05, 0) is 43.3 Å². The molecule has 6 nitrogen and oxygen atoms in total. The lowest BCUT2D eigenvalue weighted by Gasteiger charge is -2.32. The highest BCUT2D eigenvalue weighted by atomic mass is 16.5. The molecule has 0 aromatic heterocycles. The molecule has 0 saturated carbocycles. The third-order valence-corrected chi connectivity index (χ3v) is 5.58. The Balaban J connectivity index is 1.50. The number of methoxy groups -OCH3 is 2. The predicted molar refractivity (Wildman–Crippen MR) is 109 cm³/mol. The van der Waals surface area contributed by atoms with Crippen molar-refractivity contribution >= 4 is 11.6 Å². The SMILES string of the molecule is COc1ccc(C[NH+]2CC[NH+]([C@@H](C)C(=O)Nc3ccccc3OC)CC2)cc1. The Morgan fingerprint density at radius 3 is 2.32 bits per heavy atom. The van der Waals surface area contributed by atoms with E-state index in [0.29, 0.717) is 5.75 Å². The van der Waals surface area contributed by atoms with Gasteiger partial charge in [-0.3, -0.25) is 4.79 Å². The van der Waals surface area contributed by atoms with Crippen LogP contribution in [0.4, 0.5) is 5.69 Å². The number of carbonyl (C=O) groups is 1. The lowest BCUT2D eigenvalue weighted by Crippen LogP contribution is -3.29. The van der Waals surface area contributed by atoms with Crippen LogP contribution in [0.25, 0.3) is 0 Å². The molecular weight excluding hydrogens is 354 g/mol. The highest BCUT2D eigenvalue weighted by molar-refractivity contribution is 5.94. The van der Waals surface area contributed by atoms with Gasteiger partial charge in [0.25, 0.3) is 5.91 Å². The number of quaternary nitrogens is 2. The second-order valence-electron chi connectivity index (χ2n) is 7.34. The van der Waals surface area contributed by atoms with E-state index >= 15 is 0 Å². The number of carbonyl (C=O) groups excluding carboxylic acids is 1. The monoisotopic (exact) mass is 385 g/mol. The van der Waals surface area contributed by atoms with Gasteiger partial charge in [-0.1, -0.05) is 12.1 Å². The summed E-state index contributed by atoms with van der Waals surface area (Å²) >= 11 is 0. The van der Waals surface area contributed by atoms with Crippen LogP contribution in [0.2, 0.25) is 0 Å². The lowest BCUT2D eigenvalue weighted by molar-refractivity contribution is -1.02. The van der Waals surface area contributed by atoms with Crippen LogP contribution in [0.15, 0.2) is 48.5 Å². The van der Waals surface area contributed by atoms with Crippen LogP contribution in [-0.4, -0.2) is 52.3 Å². The topological polar surface area (TPSA) is 56.4 Å². The van der Waals surface area contributed by atoms with Gasteiger partial charge in [0.15, 0.2) is 6.04 Å². The molecule has 0 bridgehead atoms. The number of para-hydroxylation sites is 2. The molecule has 1 atom stereocenters. The molecule has 2 aromatic carbocycles. The summed E-state index contributed by atoms with van der Waals surface area (Å²) in [7, 11) is 3.30. The molecule has 0 unspecified atom stereocenters. The summed E-state index contributed by atoms with van der Waals surface area (Å²) < 4.78 is 10.5. The number of anilines is 1. The largest absolute Gasteiger partial charge is 0.497 e. The van der Waals surface area contributed by atoms with E-state index in [2.05, 4.69) is 17.4 Å². The summed E-state index contributed by atoms with van der Waals surface area (Å²) in [5.41, 5.74) is 2.05. The molecule has 1 heterocycles. The number of piperazine rings is 1. The number of nitrogens with one attached hydrogen (secondary N) is 3. The minimum absolute atomic E-state index is 0.0399. The van der Waals surface area contributed by atoms with E-state index in [1.807, 2.05) is 43.3 Å². The standard InChI is InChI=1S/C22H29N3O3/c1-17(22(26)23-20-6-4-5-7-21(20)28-3)25-14-12-24(13-15-25)16-18-8-10-19(27-2)11-9-18/h4-11,17H,12-16H2,1-3H3,(H,23,26)/p+2/t17-/m0/s1. The lowest BCUT2D eigenvalue weighted by atomic mass is 10.1. The molecule has 1 amide bonds. The molecule has 1 saturated heterocycles. The van der Waals surface area contributed by atoms with E-state index in [0.717, 1.165) is 44.2 Å². The summed E-state index contributed by atoms with van der Waals surface area (Å²) in [5.74, 6) is 1.62. The molecule has 150 valence electrons. The van der Waals surface area contributed by atoms with Gasteiger partial charge < -0.3 is 24.6 Å². The van der Waals surface area contributed by atoms with Crippen LogP contribution < -0.4 is 24.6 Å². The molecule has 2 aromatic rings. The molecule has 0 aliphatic carbocycles. The van der Waals surface area contributed by atoms with Crippen molar-refractivity contribution in [2.75, 3.05) is 45.7 Å². The van der Waals surface area contributed by atoms with Gasteiger partial charge in [-0.25, -0.2) is 0 Å². The van der Waals surface area contributed by atoms with Crippen LogP contribution in [-0.2, 0) is 11.3 Å². The van der Waals surface area contributed by atoms with Crippen molar-refractivity contribution in [1.82, 2.24) is 0 Å². The van der Waals surface area contributed by atoms with Crippen LogP contribution in [0.1, 0.15) is 12.5 Å². The normalized spacial score (nSPS) is 20.2. The Kier molecular flexibility index (Phi) is 6.90. The number of benzene rings is 2. The molecule has 28 heavy (non-hydrogen) atoms. The molecule has 3 rings (SSSR count). The Labute approximate surface area is 167 Å². The van der Waals surface area contributed by atoms with Crippen LogP contribution in [0.3, 0.4) is 0 Å². The zero-order valence-corrected chi connectivity index (χ0v) is 17.0. The quantitative estimate of drug-likeness (QED) is 0.630. The van der Waals surface area contributed by atoms with E-state index in [1.54, 1.807) is 19.1 Å². The fraction of sp³-hybridized carbons (Fsp3) is 0.409. The second kappa shape index (κ2) is 9.57. The first-order valence-corrected chi connectivity index (χ1v) is 9.85. The van der Waals surface area contributed by atoms with E-state index < -0.39 is 0 Å². The Hall–Kier alpha value is -2.57. The minimum Gasteiger partial charge on any atom is -0.497 e. The predicted octanol–water partition coefficient (Wildman–Crippen LogP) is 0.0144. The fourth-order valence-electron chi connectivity index (χ4n) is 3.74. The van der Waals surface area contributed by atoms with Gasteiger partial charge in [0, 0.05) is 5.56 Å². The van der Waals surface area contributed by atoms with E-state index in [1.165, 1.54) is 10.5 Å². The number of hydrogen-bond acceptors (Lipinski definition) is 3. The maximum atomic E-state index is 12.7. The molecule has 1 aliphatic heterocycles. The molecule has 3 N–H and O–H groups in total. The van der Waals surface area contributed by atoms with Gasteiger partial charge in [-0.15, -0.1) is 0 Å². The first kappa shape index (κ1) is 20.2. The van der Waals surface area contributed by atoms with Crippen molar-refractivity contribution in [3.63, 3.8) is 0 Å². The second-order valence-corrected chi connectivity index (χ2v) is 7.34. The number of hydrogen-bond donors (Lipinski definition) is 3. The average Bonchev–Trinajstić information content (AvgIpc) is 2.74. The summed E-state index contributed by atoms with van der Waals surface area (Å²) in [6, 6.07) is 15.7. The zero-order valence-electron chi connectivity index (χ0n) is 17.0. The Morgan fingerprint density at radius 1 is 1.00 bits per heavy atom. The van der Waals surface area contributed by atoms with Gasteiger partial charge >= 0.3 is 0 Å². The van der Waals surface area contributed by atoms with Gasteiger partial charge in [0.1, 0.15) is 44.2 Å². The maximum Gasteiger partial charge on any atom is 0.282 e. The van der Waals surface area contributed by atoms with Crippen LogP contribution >= 0.6 is 0 Å². The fourth-order valence-corrected chi connectivity index (χ4v) is 3.74. The summed E-state index contributed by atoms with van der Waals surface area (Å²) in [6.45, 7) is 7.13. The van der Waals surface area contributed by atoms with Gasteiger partial charge in [-0.2, -0.15) is 0 Å². The Morgan fingerprint density at radius 2 is 1.68 bits per heavy atom. The minimum atomic E-state index is -0.0903. The van der Waals surface area contributed by atoms with E-state index in [9.17, 15) is 4.79 Å². The maximum absolute atomic E-state index is 12.7. The molecule has 6 heteroatoms. The zero-order chi connectivity index (χ0) is 19.9. The number of amides is 1. The average molecular weight is 386 g/mol. The molecule has 1 fully saturated rings. The third-order valence-electron chi connectivity index (χ3n) is 5.58. The molecule has 0 spiro atoms. The van der Waals surface area contributed by atoms with E-state index in [4.69, 9.17) is 9.47 Å². The summed E-state index contributed by atoms with van der Waals surface area (Å²) in [6.07, 6.45) is 0. The molecule has 0 radical (unpaired) electrons. The van der Waals surface area contributed by atoms with Crippen LogP contribution in [0, 0.1) is 0 Å². The smallest absolute Gasteiger partial charge is 0.282 e. The van der Waals surface area contributed by atoms with Crippen molar-refractivity contribution in [2.45, 2.75) is 19.5 Å². The highest BCUT2D eigenvalue weighted by Crippen LogP contribution is 2.22. The van der Waals surface area contributed by atoms with Gasteiger partial charge in [0.2, 0.25) is 0 Å². The van der Waals surface area contributed by atoms with Crippen LogP contribution in [0.5, 0.6) is 11.5 Å². The summed E-state index contributed by atoms with van der Waals surface area (Å²) in [4.78, 5) is 15.6. The molecule has 1 aliphatic rings. The van der Waals surface area contributed by atoms with Gasteiger partial charge in [0.05, 0.1) is 19.9 Å².